The SMILES string of the molecule is CNCc1ccc(NC(=O)Cc2cc(C)ccc2C)cc1.Cl. The fourth-order valence-electron chi connectivity index (χ4n) is 2.28. The van der Waals surface area contributed by atoms with Crippen LogP contribution in [0.1, 0.15) is 22.3 Å². The molecule has 118 valence electrons. The summed E-state index contributed by atoms with van der Waals surface area (Å²) in [5.74, 6) is 0.0186. The second-order valence-electron chi connectivity index (χ2n) is 5.38. The van der Waals surface area contributed by atoms with Gasteiger partial charge in [-0.15, -0.1) is 12.4 Å². The van der Waals surface area contributed by atoms with Crippen LogP contribution in [-0.4, -0.2) is 13.0 Å². The zero-order valence-corrected chi connectivity index (χ0v) is 14.1. The second-order valence-corrected chi connectivity index (χ2v) is 5.38. The van der Waals surface area contributed by atoms with Crippen molar-refractivity contribution >= 4 is 24.0 Å². The van der Waals surface area contributed by atoms with Gasteiger partial charge in [-0.25, -0.2) is 0 Å². The number of hydrogen-bond donors (Lipinski definition) is 2. The minimum absolute atomic E-state index is 0. The van der Waals surface area contributed by atoms with Crippen molar-refractivity contribution in [3.63, 3.8) is 0 Å². The van der Waals surface area contributed by atoms with E-state index in [9.17, 15) is 4.79 Å². The first kappa shape index (κ1) is 18.2. The molecule has 2 aromatic rings. The van der Waals surface area contributed by atoms with Crippen LogP contribution in [0.3, 0.4) is 0 Å². The average molecular weight is 319 g/mol. The van der Waals surface area contributed by atoms with Crippen molar-refractivity contribution in [2.45, 2.75) is 26.8 Å². The van der Waals surface area contributed by atoms with Gasteiger partial charge in [-0.1, -0.05) is 35.9 Å². The van der Waals surface area contributed by atoms with Crippen LogP contribution in [0, 0.1) is 13.8 Å². The number of benzene rings is 2. The molecular formula is C18H23ClN2O. The number of hydrogen-bond acceptors (Lipinski definition) is 2. The molecule has 2 rings (SSSR count). The largest absolute Gasteiger partial charge is 0.326 e. The molecule has 0 aliphatic heterocycles. The number of amides is 1. The smallest absolute Gasteiger partial charge is 0.228 e. The quantitative estimate of drug-likeness (QED) is 0.884. The summed E-state index contributed by atoms with van der Waals surface area (Å²) in [5, 5.41) is 6.05. The first-order chi connectivity index (χ1) is 10.1. The van der Waals surface area contributed by atoms with E-state index in [2.05, 4.69) is 28.8 Å². The van der Waals surface area contributed by atoms with Gasteiger partial charge in [-0.3, -0.25) is 4.79 Å². The molecule has 0 heterocycles. The summed E-state index contributed by atoms with van der Waals surface area (Å²) in [7, 11) is 1.92. The molecule has 4 heteroatoms. The van der Waals surface area contributed by atoms with Gasteiger partial charge in [0.1, 0.15) is 0 Å². The van der Waals surface area contributed by atoms with Crippen LogP contribution in [0.5, 0.6) is 0 Å². The highest BCUT2D eigenvalue weighted by Gasteiger charge is 2.07. The van der Waals surface area contributed by atoms with Crippen LogP contribution in [-0.2, 0) is 17.8 Å². The van der Waals surface area contributed by atoms with E-state index in [-0.39, 0.29) is 18.3 Å². The van der Waals surface area contributed by atoms with E-state index in [0.29, 0.717) is 6.42 Å². The van der Waals surface area contributed by atoms with Gasteiger partial charge >= 0.3 is 0 Å². The van der Waals surface area contributed by atoms with E-state index < -0.39 is 0 Å². The summed E-state index contributed by atoms with van der Waals surface area (Å²) in [6.07, 6.45) is 0.409. The Morgan fingerprint density at radius 1 is 1.05 bits per heavy atom. The van der Waals surface area contributed by atoms with E-state index >= 15 is 0 Å². The van der Waals surface area contributed by atoms with Gasteiger partial charge in [0.15, 0.2) is 0 Å². The van der Waals surface area contributed by atoms with Crippen LogP contribution in [0.25, 0.3) is 0 Å². The monoisotopic (exact) mass is 318 g/mol. The molecule has 22 heavy (non-hydrogen) atoms. The minimum Gasteiger partial charge on any atom is -0.326 e. The number of anilines is 1. The highest BCUT2D eigenvalue weighted by molar-refractivity contribution is 5.92. The van der Waals surface area contributed by atoms with Crippen molar-refractivity contribution < 1.29 is 4.79 Å². The topological polar surface area (TPSA) is 41.1 Å². The first-order valence-electron chi connectivity index (χ1n) is 7.18. The van der Waals surface area contributed by atoms with Crippen LogP contribution in [0.2, 0.25) is 0 Å². The molecule has 0 saturated heterocycles. The highest BCUT2D eigenvalue weighted by atomic mass is 35.5. The molecule has 0 fully saturated rings. The van der Waals surface area contributed by atoms with Gasteiger partial charge in [-0.2, -0.15) is 0 Å². The third-order valence-electron chi connectivity index (χ3n) is 3.47. The number of carbonyl (C=O) groups excluding carboxylic acids is 1. The lowest BCUT2D eigenvalue weighted by atomic mass is 10.0. The molecule has 3 nitrogen and oxygen atoms in total. The van der Waals surface area contributed by atoms with Crippen LogP contribution in [0.15, 0.2) is 42.5 Å². The number of carbonyl (C=O) groups is 1. The maximum atomic E-state index is 12.1. The molecule has 0 spiro atoms. The Bertz CT molecular complexity index is 623. The molecule has 1 amide bonds. The standard InChI is InChI=1S/C18H22N2O.ClH/c1-13-4-5-14(2)16(10-13)11-18(21)20-17-8-6-15(7-9-17)12-19-3;/h4-10,19H,11-12H2,1-3H3,(H,20,21);1H. The number of nitrogens with one attached hydrogen (secondary N) is 2. The van der Waals surface area contributed by atoms with Gasteiger partial charge in [0.05, 0.1) is 6.42 Å². The third kappa shape index (κ3) is 5.17. The molecule has 0 atom stereocenters. The zero-order chi connectivity index (χ0) is 15.2. The molecule has 2 aromatic carbocycles. The van der Waals surface area contributed by atoms with Gasteiger partial charge < -0.3 is 10.6 Å². The van der Waals surface area contributed by atoms with Gasteiger partial charge in [0.25, 0.3) is 0 Å². The fraction of sp³-hybridized carbons (Fsp3) is 0.278. The van der Waals surface area contributed by atoms with E-state index in [4.69, 9.17) is 0 Å². The van der Waals surface area contributed by atoms with E-state index in [1.54, 1.807) is 0 Å². The Kier molecular flexibility index (Phi) is 7.09. The summed E-state index contributed by atoms with van der Waals surface area (Å²) in [6.45, 7) is 4.91. The van der Waals surface area contributed by atoms with Crippen LogP contribution >= 0.6 is 12.4 Å². The maximum Gasteiger partial charge on any atom is 0.228 e. The lowest BCUT2D eigenvalue weighted by molar-refractivity contribution is -0.115. The van der Waals surface area contributed by atoms with Gasteiger partial charge in [0, 0.05) is 12.2 Å². The molecule has 0 unspecified atom stereocenters. The minimum atomic E-state index is 0. The number of halogens is 1. The molecule has 0 aliphatic carbocycles. The molecular weight excluding hydrogens is 296 g/mol. The van der Waals surface area contributed by atoms with Crippen molar-refractivity contribution in [3.05, 3.63) is 64.7 Å². The molecule has 0 bridgehead atoms. The van der Waals surface area contributed by atoms with Crippen molar-refractivity contribution in [1.82, 2.24) is 5.32 Å². The molecule has 2 N–H and O–H groups in total. The predicted octanol–water partition coefficient (Wildman–Crippen LogP) is 3.63. The van der Waals surface area contributed by atoms with Crippen molar-refractivity contribution in [1.29, 1.82) is 0 Å². The van der Waals surface area contributed by atoms with E-state index in [1.807, 2.05) is 45.2 Å². The highest BCUT2D eigenvalue weighted by Crippen LogP contribution is 2.14. The lowest BCUT2D eigenvalue weighted by Crippen LogP contribution is -2.15. The Balaban J connectivity index is 0.00000242. The molecule has 0 saturated carbocycles. The first-order valence-corrected chi connectivity index (χ1v) is 7.18. The van der Waals surface area contributed by atoms with Gasteiger partial charge in [0.2, 0.25) is 5.91 Å². The van der Waals surface area contributed by atoms with Crippen molar-refractivity contribution in [2.75, 3.05) is 12.4 Å². The summed E-state index contributed by atoms with van der Waals surface area (Å²) in [4.78, 5) is 12.1. The van der Waals surface area contributed by atoms with Crippen molar-refractivity contribution in [2.24, 2.45) is 0 Å². The Morgan fingerprint density at radius 3 is 2.36 bits per heavy atom. The number of aryl methyl sites for hydroxylation is 2. The van der Waals surface area contributed by atoms with Crippen LogP contribution in [0.4, 0.5) is 5.69 Å². The summed E-state index contributed by atoms with van der Waals surface area (Å²) >= 11 is 0. The Labute approximate surface area is 138 Å². The second kappa shape index (κ2) is 8.57. The van der Waals surface area contributed by atoms with E-state index in [0.717, 1.165) is 23.4 Å². The van der Waals surface area contributed by atoms with Crippen molar-refractivity contribution in [3.8, 4) is 0 Å². The normalized spacial score (nSPS) is 9.95. The van der Waals surface area contributed by atoms with Crippen LogP contribution < -0.4 is 10.6 Å². The third-order valence-corrected chi connectivity index (χ3v) is 3.47. The molecule has 0 aliphatic rings. The lowest BCUT2D eigenvalue weighted by Gasteiger charge is -2.09. The van der Waals surface area contributed by atoms with Gasteiger partial charge in [-0.05, 0) is 49.7 Å². The predicted molar refractivity (Wildman–Crippen MR) is 94.7 cm³/mol. The average Bonchev–Trinajstić information content (AvgIpc) is 2.45. The van der Waals surface area contributed by atoms with E-state index in [1.165, 1.54) is 11.1 Å². The fourth-order valence-corrected chi connectivity index (χ4v) is 2.28. The Morgan fingerprint density at radius 2 is 1.73 bits per heavy atom. The molecule has 0 aromatic heterocycles. The summed E-state index contributed by atoms with van der Waals surface area (Å²) in [6, 6.07) is 14.1. The zero-order valence-electron chi connectivity index (χ0n) is 13.3. The Hall–Kier alpha value is -1.84. The summed E-state index contributed by atoms with van der Waals surface area (Å²) in [5.41, 5.74) is 5.45. The maximum absolute atomic E-state index is 12.1. The number of rotatable bonds is 5. The molecule has 0 radical (unpaired) electrons. The summed E-state index contributed by atoms with van der Waals surface area (Å²) < 4.78 is 0.